The minimum atomic E-state index is 0.181. The highest BCUT2D eigenvalue weighted by Crippen LogP contribution is 2.37. The Morgan fingerprint density at radius 1 is 1.24 bits per heavy atom. The van der Waals surface area contributed by atoms with Crippen molar-refractivity contribution < 1.29 is 5.11 Å². The average molecular weight is 360 g/mol. The Morgan fingerprint density at radius 2 is 2.08 bits per heavy atom. The number of aliphatic hydroxyl groups excluding tert-OH is 1. The molecule has 1 N–H and O–H groups in total. The summed E-state index contributed by atoms with van der Waals surface area (Å²) in [6.45, 7) is 1.15. The highest BCUT2D eigenvalue weighted by Gasteiger charge is 2.28. The van der Waals surface area contributed by atoms with Gasteiger partial charge in [-0.3, -0.25) is 4.68 Å². The molecule has 4 rings (SSSR count). The van der Waals surface area contributed by atoms with Crippen LogP contribution in [0.15, 0.2) is 30.7 Å². The number of piperidine rings is 1. The van der Waals surface area contributed by atoms with Crippen molar-refractivity contribution in [3.05, 3.63) is 41.3 Å². The summed E-state index contributed by atoms with van der Waals surface area (Å²) in [7, 11) is 3.96. The van der Waals surface area contributed by atoms with Crippen molar-refractivity contribution in [1.82, 2.24) is 24.5 Å². The highest BCUT2D eigenvalue weighted by molar-refractivity contribution is 6.32. The van der Waals surface area contributed by atoms with E-state index >= 15 is 0 Å². The van der Waals surface area contributed by atoms with Crippen molar-refractivity contribution in [2.45, 2.75) is 24.8 Å². The fourth-order valence-corrected chi connectivity index (χ4v) is 4.09. The quantitative estimate of drug-likeness (QED) is 0.780. The smallest absolute Gasteiger partial charge is 0.103 e. The Labute approximate surface area is 151 Å². The maximum atomic E-state index is 9.63. The normalized spacial score (nSPS) is 21.9. The predicted molar refractivity (Wildman–Crippen MR) is 98.3 cm³/mol. The van der Waals surface area contributed by atoms with Crippen molar-refractivity contribution in [1.29, 1.82) is 0 Å². The first-order valence-electron chi connectivity index (χ1n) is 8.54. The Hall–Kier alpha value is -1.89. The van der Waals surface area contributed by atoms with Crippen molar-refractivity contribution in [3.63, 3.8) is 0 Å². The lowest BCUT2D eigenvalue weighted by molar-refractivity contribution is 0.104. The van der Waals surface area contributed by atoms with Gasteiger partial charge in [0.25, 0.3) is 0 Å². The summed E-state index contributed by atoms with van der Waals surface area (Å²) in [5.41, 5.74) is 3.11. The molecule has 2 aromatic heterocycles. The minimum Gasteiger partial charge on any atom is -0.395 e. The third-order valence-electron chi connectivity index (χ3n) is 5.28. The second-order valence-corrected chi connectivity index (χ2v) is 7.31. The summed E-state index contributed by atoms with van der Waals surface area (Å²) in [5.74, 6) is 0.350. The number of aromatic nitrogens is 4. The Kier molecular flexibility index (Phi) is 4.27. The number of hydrogen-bond acceptors (Lipinski definition) is 4. The molecule has 1 aliphatic heterocycles. The lowest BCUT2D eigenvalue weighted by Gasteiger charge is -2.36. The number of aryl methyl sites for hydroxylation is 1. The number of hydrogen-bond donors (Lipinski definition) is 1. The molecule has 2 unspecified atom stereocenters. The van der Waals surface area contributed by atoms with Gasteiger partial charge in [0.15, 0.2) is 0 Å². The van der Waals surface area contributed by atoms with Gasteiger partial charge in [0.1, 0.15) is 5.69 Å². The van der Waals surface area contributed by atoms with Crippen molar-refractivity contribution in [2.24, 2.45) is 7.05 Å². The summed E-state index contributed by atoms with van der Waals surface area (Å²) in [6.07, 6.45) is 7.54. The van der Waals surface area contributed by atoms with Gasteiger partial charge < -0.3 is 10.0 Å². The van der Waals surface area contributed by atoms with Gasteiger partial charge in [0.05, 0.1) is 30.7 Å². The number of nitrogens with zero attached hydrogens (tertiary/aromatic N) is 5. The van der Waals surface area contributed by atoms with Crippen LogP contribution in [-0.4, -0.2) is 55.8 Å². The summed E-state index contributed by atoms with van der Waals surface area (Å²) in [6, 6.07) is 4.34. The van der Waals surface area contributed by atoms with Gasteiger partial charge in [-0.25, -0.2) is 4.68 Å². The number of halogens is 1. The van der Waals surface area contributed by atoms with Gasteiger partial charge >= 0.3 is 0 Å². The van der Waals surface area contributed by atoms with Crippen molar-refractivity contribution >= 4 is 22.5 Å². The highest BCUT2D eigenvalue weighted by atomic mass is 35.5. The zero-order chi connectivity index (χ0) is 17.6. The van der Waals surface area contributed by atoms with Crippen LogP contribution >= 0.6 is 11.6 Å². The molecule has 1 aliphatic rings. The van der Waals surface area contributed by atoms with Gasteiger partial charge in [0, 0.05) is 23.5 Å². The average Bonchev–Trinajstić information content (AvgIpc) is 3.20. The maximum absolute atomic E-state index is 9.63. The molecule has 0 saturated carbocycles. The first-order valence-corrected chi connectivity index (χ1v) is 8.92. The lowest BCUT2D eigenvalue weighted by atomic mass is 9.85. The topological polar surface area (TPSA) is 59.1 Å². The monoisotopic (exact) mass is 359 g/mol. The van der Waals surface area contributed by atoms with E-state index in [1.807, 2.05) is 30.2 Å². The van der Waals surface area contributed by atoms with Crippen LogP contribution in [0.2, 0.25) is 5.02 Å². The van der Waals surface area contributed by atoms with E-state index in [1.54, 1.807) is 10.9 Å². The van der Waals surface area contributed by atoms with E-state index in [1.165, 1.54) is 0 Å². The molecule has 0 amide bonds. The summed E-state index contributed by atoms with van der Waals surface area (Å²) in [4.78, 5) is 2.23. The molecule has 1 aromatic carbocycles. The second-order valence-electron chi connectivity index (χ2n) is 6.90. The molecule has 6 nitrogen and oxygen atoms in total. The van der Waals surface area contributed by atoms with Crippen LogP contribution in [0.25, 0.3) is 16.6 Å². The van der Waals surface area contributed by atoms with Crippen LogP contribution in [0.1, 0.15) is 24.3 Å². The van der Waals surface area contributed by atoms with Crippen LogP contribution in [0.4, 0.5) is 0 Å². The van der Waals surface area contributed by atoms with E-state index in [-0.39, 0.29) is 12.6 Å². The summed E-state index contributed by atoms with van der Waals surface area (Å²) < 4.78 is 3.67. The van der Waals surface area contributed by atoms with Gasteiger partial charge in [0.2, 0.25) is 0 Å². The van der Waals surface area contributed by atoms with Crippen molar-refractivity contribution in [2.75, 3.05) is 20.2 Å². The van der Waals surface area contributed by atoms with Crippen LogP contribution in [0.5, 0.6) is 0 Å². The number of aliphatic hydroxyl groups is 1. The molecular weight excluding hydrogens is 338 g/mol. The number of rotatable bonds is 3. The van der Waals surface area contributed by atoms with E-state index in [0.717, 1.165) is 46.6 Å². The molecular formula is C18H22ClN5O. The largest absolute Gasteiger partial charge is 0.395 e. The minimum absolute atomic E-state index is 0.181. The van der Waals surface area contributed by atoms with E-state index < -0.39 is 0 Å². The zero-order valence-corrected chi connectivity index (χ0v) is 15.2. The lowest BCUT2D eigenvalue weighted by Crippen LogP contribution is -2.41. The van der Waals surface area contributed by atoms with E-state index in [0.29, 0.717) is 5.92 Å². The number of likely N-dealkylation sites (N-methyl/N-ethyl adjacent to an activating group) is 1. The molecule has 2 atom stereocenters. The molecule has 1 saturated heterocycles. The zero-order valence-electron chi connectivity index (χ0n) is 14.4. The van der Waals surface area contributed by atoms with Crippen molar-refractivity contribution in [3.8, 4) is 5.69 Å². The van der Waals surface area contributed by atoms with Crippen LogP contribution in [0, 0.1) is 0 Å². The molecule has 3 heterocycles. The standard InChI is InChI=1S/C18H22ClN5O/c1-22-4-3-12(5-14(22)11-25)16-7-18-13(6-17(16)19)8-21-24(18)15-9-20-23(2)10-15/h6-10,12,14,25H,3-5,11H2,1-2H3. The molecule has 132 valence electrons. The molecule has 0 radical (unpaired) electrons. The Balaban J connectivity index is 1.75. The predicted octanol–water partition coefficient (Wildman–Crippen LogP) is 2.58. The molecule has 0 bridgehead atoms. The van der Waals surface area contributed by atoms with E-state index in [2.05, 4.69) is 28.2 Å². The third-order valence-corrected chi connectivity index (χ3v) is 5.61. The number of benzene rings is 1. The summed E-state index contributed by atoms with van der Waals surface area (Å²) >= 11 is 6.59. The molecule has 0 aliphatic carbocycles. The fraction of sp³-hybridized carbons (Fsp3) is 0.444. The molecule has 7 heteroatoms. The molecule has 25 heavy (non-hydrogen) atoms. The fourth-order valence-electron chi connectivity index (χ4n) is 3.76. The van der Waals surface area contributed by atoms with E-state index in [4.69, 9.17) is 11.6 Å². The maximum Gasteiger partial charge on any atom is 0.103 e. The Morgan fingerprint density at radius 3 is 2.80 bits per heavy atom. The van der Waals surface area contributed by atoms with Crippen LogP contribution < -0.4 is 0 Å². The first-order chi connectivity index (χ1) is 12.1. The molecule has 0 spiro atoms. The molecule has 1 fully saturated rings. The summed E-state index contributed by atoms with van der Waals surface area (Å²) in [5, 5.41) is 20.2. The van der Waals surface area contributed by atoms with Gasteiger partial charge in [-0.1, -0.05) is 11.6 Å². The second kappa shape index (κ2) is 6.44. The Bertz CT molecular complexity index is 902. The van der Waals surface area contributed by atoms with Crippen LogP contribution in [-0.2, 0) is 7.05 Å². The van der Waals surface area contributed by atoms with Crippen LogP contribution in [0.3, 0.4) is 0 Å². The van der Waals surface area contributed by atoms with Gasteiger partial charge in [-0.15, -0.1) is 0 Å². The van der Waals surface area contributed by atoms with Gasteiger partial charge in [-0.05, 0) is 50.0 Å². The third kappa shape index (κ3) is 2.94. The SMILES string of the molecule is CN1CCC(c2cc3c(cnn3-c3cnn(C)c3)cc2Cl)CC1CO. The molecule has 3 aromatic rings. The van der Waals surface area contributed by atoms with E-state index in [9.17, 15) is 5.11 Å². The number of fused-ring (bicyclic) bond motifs is 1. The van der Waals surface area contributed by atoms with Gasteiger partial charge in [-0.2, -0.15) is 10.2 Å². The number of likely N-dealkylation sites (tertiary alicyclic amines) is 1. The first kappa shape index (κ1) is 16.6.